The molecule has 0 spiro atoms. The summed E-state index contributed by atoms with van der Waals surface area (Å²) >= 11 is 0. The van der Waals surface area contributed by atoms with Crippen molar-refractivity contribution in [1.29, 1.82) is 0 Å². The van der Waals surface area contributed by atoms with E-state index in [1.54, 1.807) is 36.3 Å². The van der Waals surface area contributed by atoms with Crippen molar-refractivity contribution in [2.45, 2.75) is 27.0 Å². The molecular weight excluding hydrogens is 380 g/mol. The van der Waals surface area contributed by atoms with Crippen LogP contribution in [0.15, 0.2) is 60.9 Å². The summed E-state index contributed by atoms with van der Waals surface area (Å²) in [6.45, 7) is 5.52. The van der Waals surface area contributed by atoms with Crippen LogP contribution in [-0.2, 0) is 13.2 Å². The van der Waals surface area contributed by atoms with Gasteiger partial charge in [-0.2, -0.15) is 5.10 Å². The first kappa shape index (κ1) is 21.2. The molecule has 0 radical (unpaired) electrons. The number of rotatable bonds is 10. The monoisotopic (exact) mass is 406 g/mol. The number of hydrogen-bond donors (Lipinski definition) is 0. The van der Waals surface area contributed by atoms with E-state index in [2.05, 4.69) is 5.10 Å². The van der Waals surface area contributed by atoms with Crippen molar-refractivity contribution >= 4 is 11.9 Å². The second kappa shape index (κ2) is 10.3. The van der Waals surface area contributed by atoms with Crippen LogP contribution in [0.3, 0.4) is 0 Å². The smallest absolute Gasteiger partial charge is 0.189 e. The number of aryl methyl sites for hydroxylation is 1. The van der Waals surface area contributed by atoms with Crippen molar-refractivity contribution in [1.82, 2.24) is 9.78 Å². The highest BCUT2D eigenvalue weighted by atomic mass is 16.5. The van der Waals surface area contributed by atoms with E-state index in [9.17, 15) is 4.79 Å². The van der Waals surface area contributed by atoms with E-state index in [4.69, 9.17) is 14.2 Å². The van der Waals surface area contributed by atoms with E-state index in [0.29, 0.717) is 30.3 Å². The van der Waals surface area contributed by atoms with E-state index >= 15 is 0 Å². The third-order valence-corrected chi connectivity index (χ3v) is 4.51. The highest BCUT2D eigenvalue weighted by molar-refractivity contribution is 6.06. The normalized spacial score (nSPS) is 10.9. The lowest BCUT2D eigenvalue weighted by atomic mass is 10.1. The summed E-state index contributed by atoms with van der Waals surface area (Å²) in [5.74, 6) is 2.00. The lowest BCUT2D eigenvalue weighted by Gasteiger charge is -2.14. The Hall–Kier alpha value is -3.54. The largest absolute Gasteiger partial charge is 0.496 e. The minimum atomic E-state index is -0.0889. The van der Waals surface area contributed by atoms with Crippen molar-refractivity contribution in [2.75, 3.05) is 13.7 Å². The quantitative estimate of drug-likeness (QED) is 0.358. The van der Waals surface area contributed by atoms with Crippen molar-refractivity contribution < 1.29 is 19.0 Å². The SMILES string of the molecule is CCOc1ccccc1OCc1cc(/C=C/C(=O)c2cnn(CC)c2)ccc1OC. The van der Waals surface area contributed by atoms with Gasteiger partial charge in [0.05, 0.1) is 25.5 Å². The Labute approximate surface area is 176 Å². The lowest BCUT2D eigenvalue weighted by molar-refractivity contribution is 0.104. The summed E-state index contributed by atoms with van der Waals surface area (Å²) in [7, 11) is 1.62. The number of hydrogen-bond acceptors (Lipinski definition) is 5. The molecule has 0 saturated heterocycles. The maximum absolute atomic E-state index is 12.4. The molecule has 2 aromatic carbocycles. The molecule has 0 amide bonds. The lowest BCUT2D eigenvalue weighted by Crippen LogP contribution is -2.01. The third-order valence-electron chi connectivity index (χ3n) is 4.51. The Balaban J connectivity index is 1.74. The fraction of sp³-hybridized carbons (Fsp3) is 0.250. The molecule has 0 fully saturated rings. The summed E-state index contributed by atoms with van der Waals surface area (Å²) in [6.07, 6.45) is 6.66. The molecule has 30 heavy (non-hydrogen) atoms. The molecule has 6 nitrogen and oxygen atoms in total. The molecule has 0 aliphatic heterocycles. The van der Waals surface area contributed by atoms with Crippen LogP contribution in [0.1, 0.15) is 35.3 Å². The third kappa shape index (κ3) is 5.29. The Morgan fingerprint density at radius 2 is 1.83 bits per heavy atom. The zero-order valence-electron chi connectivity index (χ0n) is 17.5. The number of aromatic nitrogens is 2. The van der Waals surface area contributed by atoms with Crippen LogP contribution in [0.4, 0.5) is 0 Å². The van der Waals surface area contributed by atoms with Crippen LogP contribution in [0.5, 0.6) is 17.2 Å². The van der Waals surface area contributed by atoms with Gasteiger partial charge in [-0.15, -0.1) is 0 Å². The summed E-state index contributed by atoms with van der Waals surface area (Å²) < 4.78 is 18.8. The maximum Gasteiger partial charge on any atom is 0.189 e. The van der Waals surface area contributed by atoms with Gasteiger partial charge < -0.3 is 14.2 Å². The molecule has 3 aromatic rings. The highest BCUT2D eigenvalue weighted by Crippen LogP contribution is 2.29. The molecule has 0 aliphatic carbocycles. The zero-order chi connectivity index (χ0) is 21.3. The van der Waals surface area contributed by atoms with Crippen LogP contribution in [-0.4, -0.2) is 29.3 Å². The average Bonchev–Trinajstić information content (AvgIpc) is 3.26. The predicted octanol–water partition coefficient (Wildman–Crippen LogP) is 4.79. The van der Waals surface area contributed by atoms with Crippen LogP contribution in [0.25, 0.3) is 6.08 Å². The summed E-state index contributed by atoms with van der Waals surface area (Å²) in [5, 5.41) is 4.14. The number of nitrogens with zero attached hydrogens (tertiary/aromatic N) is 2. The molecule has 1 heterocycles. The zero-order valence-corrected chi connectivity index (χ0v) is 17.5. The molecular formula is C24H26N2O4. The molecule has 0 N–H and O–H groups in total. The minimum Gasteiger partial charge on any atom is -0.496 e. The van der Waals surface area contributed by atoms with Crippen LogP contribution >= 0.6 is 0 Å². The fourth-order valence-corrected chi connectivity index (χ4v) is 2.95. The van der Waals surface area contributed by atoms with E-state index in [1.807, 2.05) is 56.3 Å². The molecule has 6 heteroatoms. The molecule has 156 valence electrons. The number of methoxy groups -OCH3 is 1. The number of carbonyl (C=O) groups is 1. The van der Waals surface area contributed by atoms with Gasteiger partial charge in [-0.25, -0.2) is 0 Å². The topological polar surface area (TPSA) is 62.6 Å². The van der Waals surface area contributed by atoms with E-state index < -0.39 is 0 Å². The van der Waals surface area contributed by atoms with Crippen LogP contribution in [0, 0.1) is 0 Å². The van der Waals surface area contributed by atoms with Crippen molar-refractivity contribution in [3.8, 4) is 17.2 Å². The van der Waals surface area contributed by atoms with Gasteiger partial charge in [0.2, 0.25) is 0 Å². The van der Waals surface area contributed by atoms with Crippen LogP contribution < -0.4 is 14.2 Å². The van der Waals surface area contributed by atoms with Gasteiger partial charge in [-0.05, 0) is 49.8 Å². The molecule has 0 unspecified atom stereocenters. The number of carbonyl (C=O) groups excluding carboxylic acids is 1. The van der Waals surface area contributed by atoms with Gasteiger partial charge in [-0.1, -0.05) is 24.3 Å². The Kier molecular flexibility index (Phi) is 7.27. The van der Waals surface area contributed by atoms with Gasteiger partial charge in [-0.3, -0.25) is 9.48 Å². The summed E-state index contributed by atoms with van der Waals surface area (Å²) in [5.41, 5.74) is 2.32. The Morgan fingerprint density at radius 1 is 1.07 bits per heavy atom. The van der Waals surface area contributed by atoms with Gasteiger partial charge in [0.1, 0.15) is 12.4 Å². The highest BCUT2D eigenvalue weighted by Gasteiger charge is 2.09. The number of benzene rings is 2. The van der Waals surface area contributed by atoms with E-state index in [0.717, 1.165) is 23.4 Å². The van der Waals surface area contributed by atoms with Crippen molar-refractivity contribution in [2.24, 2.45) is 0 Å². The van der Waals surface area contributed by atoms with Gasteiger partial charge in [0.25, 0.3) is 0 Å². The van der Waals surface area contributed by atoms with Gasteiger partial charge in [0, 0.05) is 18.3 Å². The van der Waals surface area contributed by atoms with Crippen molar-refractivity contribution in [3.63, 3.8) is 0 Å². The predicted molar refractivity (Wildman–Crippen MR) is 116 cm³/mol. The molecule has 1 aromatic heterocycles. The Morgan fingerprint density at radius 3 is 2.50 bits per heavy atom. The number of para-hydroxylation sites is 2. The van der Waals surface area contributed by atoms with Gasteiger partial charge in [0.15, 0.2) is 17.3 Å². The average molecular weight is 406 g/mol. The second-order valence-corrected chi connectivity index (χ2v) is 6.52. The fourth-order valence-electron chi connectivity index (χ4n) is 2.95. The standard InChI is InChI=1S/C24H26N2O4/c1-4-26-16-20(15-25-26)21(27)12-10-18-11-13-22(28-3)19(14-18)17-30-24-9-7-6-8-23(24)29-5-2/h6-16H,4-5,17H2,1-3H3/b12-10+. The number of ether oxygens (including phenoxy) is 3. The van der Waals surface area contributed by atoms with Crippen molar-refractivity contribution in [3.05, 3.63) is 77.6 Å². The molecule has 0 atom stereocenters. The Bertz CT molecular complexity index is 1020. The minimum absolute atomic E-state index is 0.0889. The molecule has 0 aliphatic rings. The first-order chi connectivity index (χ1) is 14.6. The summed E-state index contributed by atoms with van der Waals surface area (Å²) in [4.78, 5) is 12.4. The molecule has 0 bridgehead atoms. The van der Waals surface area contributed by atoms with Gasteiger partial charge >= 0.3 is 0 Å². The number of ketones is 1. The molecule has 3 rings (SSSR count). The molecule has 0 saturated carbocycles. The van der Waals surface area contributed by atoms with Crippen LogP contribution in [0.2, 0.25) is 0 Å². The van der Waals surface area contributed by atoms with E-state index in [-0.39, 0.29) is 5.78 Å². The first-order valence-corrected chi connectivity index (χ1v) is 9.91. The maximum atomic E-state index is 12.4. The first-order valence-electron chi connectivity index (χ1n) is 9.91. The summed E-state index contributed by atoms with van der Waals surface area (Å²) in [6, 6.07) is 13.3. The van der Waals surface area contributed by atoms with E-state index in [1.165, 1.54) is 0 Å². The second-order valence-electron chi connectivity index (χ2n) is 6.52. The number of allylic oxidation sites excluding steroid dienone is 1.